The standard InChI is InChI=1S/C19H29N7OS/c1-4-7-20-19(22-14-18-24-23-15(2)25(18)3)21-13-16(17-6-5-12-28-17)26-8-10-27-11-9-26/h4-6,12,16H,1,7-11,13-14H2,2-3H3,(H2,20,21,22). The molecular weight excluding hydrogens is 374 g/mol. The Morgan fingerprint density at radius 2 is 2.21 bits per heavy atom. The lowest BCUT2D eigenvalue weighted by atomic mass is 10.2. The van der Waals surface area contributed by atoms with E-state index in [-0.39, 0.29) is 6.04 Å². The van der Waals surface area contributed by atoms with Gasteiger partial charge in [-0.25, -0.2) is 4.99 Å². The fourth-order valence-electron chi connectivity index (χ4n) is 3.05. The first kappa shape index (κ1) is 20.5. The molecule has 1 unspecified atom stereocenters. The van der Waals surface area contributed by atoms with Crippen LogP contribution >= 0.6 is 11.3 Å². The minimum absolute atomic E-state index is 0.289. The summed E-state index contributed by atoms with van der Waals surface area (Å²) in [5.41, 5.74) is 0. The molecule has 2 aromatic heterocycles. The summed E-state index contributed by atoms with van der Waals surface area (Å²) in [6.07, 6.45) is 1.82. The number of hydrogen-bond donors (Lipinski definition) is 2. The quantitative estimate of drug-likeness (QED) is 0.395. The van der Waals surface area contributed by atoms with Gasteiger partial charge in [0.1, 0.15) is 12.4 Å². The molecule has 0 radical (unpaired) electrons. The van der Waals surface area contributed by atoms with Crippen LogP contribution in [0.4, 0.5) is 0 Å². The number of rotatable bonds is 8. The third-order valence-electron chi connectivity index (χ3n) is 4.80. The van der Waals surface area contributed by atoms with Crippen LogP contribution in [0.3, 0.4) is 0 Å². The Balaban J connectivity index is 1.68. The molecule has 0 spiro atoms. The van der Waals surface area contributed by atoms with Gasteiger partial charge in [-0.3, -0.25) is 4.90 Å². The van der Waals surface area contributed by atoms with E-state index in [2.05, 4.69) is 54.8 Å². The Morgan fingerprint density at radius 1 is 1.39 bits per heavy atom. The van der Waals surface area contributed by atoms with E-state index < -0.39 is 0 Å². The van der Waals surface area contributed by atoms with Crippen molar-refractivity contribution in [2.75, 3.05) is 39.4 Å². The van der Waals surface area contributed by atoms with Crippen LogP contribution in [-0.4, -0.2) is 65.0 Å². The third-order valence-corrected chi connectivity index (χ3v) is 5.77. The van der Waals surface area contributed by atoms with Crippen molar-refractivity contribution in [2.24, 2.45) is 12.0 Å². The highest BCUT2D eigenvalue weighted by atomic mass is 32.1. The van der Waals surface area contributed by atoms with Gasteiger partial charge in [-0.05, 0) is 18.4 Å². The van der Waals surface area contributed by atoms with Crippen molar-refractivity contribution in [1.29, 1.82) is 0 Å². The molecule has 0 aliphatic carbocycles. The second kappa shape index (κ2) is 10.4. The van der Waals surface area contributed by atoms with Gasteiger partial charge in [-0.15, -0.1) is 28.1 Å². The minimum Gasteiger partial charge on any atom is -0.379 e. The van der Waals surface area contributed by atoms with Crippen molar-refractivity contribution in [3.8, 4) is 0 Å². The monoisotopic (exact) mass is 403 g/mol. The second-order valence-electron chi connectivity index (χ2n) is 6.62. The number of nitrogens with zero attached hydrogens (tertiary/aromatic N) is 5. The van der Waals surface area contributed by atoms with Crippen molar-refractivity contribution < 1.29 is 4.74 Å². The summed E-state index contributed by atoms with van der Waals surface area (Å²) in [6.45, 7) is 11.0. The maximum absolute atomic E-state index is 5.53. The predicted octanol–water partition coefficient (Wildman–Crippen LogP) is 1.48. The summed E-state index contributed by atoms with van der Waals surface area (Å²) in [5, 5.41) is 17.2. The number of aromatic nitrogens is 3. The lowest BCUT2D eigenvalue weighted by molar-refractivity contribution is 0.0177. The van der Waals surface area contributed by atoms with Gasteiger partial charge >= 0.3 is 0 Å². The molecule has 0 saturated carbocycles. The molecule has 1 fully saturated rings. The highest BCUT2D eigenvalue weighted by Gasteiger charge is 2.23. The summed E-state index contributed by atoms with van der Waals surface area (Å²) in [6, 6.07) is 4.59. The molecule has 1 saturated heterocycles. The number of aliphatic imine (C=N–C) groups is 1. The zero-order valence-corrected chi connectivity index (χ0v) is 17.4. The summed E-state index contributed by atoms with van der Waals surface area (Å²) in [5.74, 6) is 2.46. The number of nitrogens with one attached hydrogen (secondary N) is 2. The van der Waals surface area contributed by atoms with Crippen molar-refractivity contribution in [1.82, 2.24) is 30.3 Å². The van der Waals surface area contributed by atoms with Gasteiger partial charge in [0.15, 0.2) is 11.8 Å². The molecule has 0 amide bonds. The van der Waals surface area contributed by atoms with E-state index in [0.717, 1.165) is 50.5 Å². The molecule has 3 heterocycles. The number of thiophene rings is 1. The maximum Gasteiger partial charge on any atom is 0.192 e. The average Bonchev–Trinajstić information content (AvgIpc) is 3.36. The molecule has 1 atom stereocenters. The Bertz CT molecular complexity index is 765. The Morgan fingerprint density at radius 3 is 2.86 bits per heavy atom. The van der Waals surface area contributed by atoms with E-state index in [1.54, 1.807) is 11.3 Å². The van der Waals surface area contributed by atoms with E-state index >= 15 is 0 Å². The van der Waals surface area contributed by atoms with Gasteiger partial charge < -0.3 is 19.9 Å². The van der Waals surface area contributed by atoms with Crippen LogP contribution in [0.2, 0.25) is 0 Å². The number of aryl methyl sites for hydroxylation is 1. The minimum atomic E-state index is 0.289. The van der Waals surface area contributed by atoms with Gasteiger partial charge in [0.05, 0.1) is 19.3 Å². The van der Waals surface area contributed by atoms with Gasteiger partial charge in [-0.2, -0.15) is 0 Å². The SMILES string of the molecule is C=CCNC(=NCc1nnc(C)n1C)NCC(c1cccs1)N1CCOCC1. The third kappa shape index (κ3) is 5.40. The summed E-state index contributed by atoms with van der Waals surface area (Å²) in [4.78, 5) is 8.51. The Labute approximate surface area is 170 Å². The number of morpholine rings is 1. The summed E-state index contributed by atoms with van der Waals surface area (Å²) >= 11 is 1.79. The summed E-state index contributed by atoms with van der Waals surface area (Å²) < 4.78 is 7.48. The van der Waals surface area contributed by atoms with Gasteiger partial charge in [0.2, 0.25) is 0 Å². The molecular formula is C19H29N7OS. The fraction of sp³-hybridized carbons (Fsp3) is 0.526. The molecule has 1 aliphatic rings. The molecule has 3 rings (SSSR count). The first-order valence-electron chi connectivity index (χ1n) is 9.52. The number of hydrogen-bond acceptors (Lipinski definition) is 6. The highest BCUT2D eigenvalue weighted by Crippen LogP contribution is 2.25. The smallest absolute Gasteiger partial charge is 0.192 e. The molecule has 152 valence electrons. The maximum atomic E-state index is 5.53. The molecule has 9 heteroatoms. The van der Waals surface area contributed by atoms with Crippen LogP contribution in [0.25, 0.3) is 0 Å². The van der Waals surface area contributed by atoms with Crippen LogP contribution < -0.4 is 10.6 Å². The topological polar surface area (TPSA) is 79.6 Å². The van der Waals surface area contributed by atoms with E-state index in [9.17, 15) is 0 Å². The Kier molecular flexibility index (Phi) is 7.58. The number of guanidine groups is 1. The van der Waals surface area contributed by atoms with Crippen molar-refractivity contribution in [3.63, 3.8) is 0 Å². The second-order valence-corrected chi connectivity index (χ2v) is 7.60. The number of ether oxygens (including phenoxy) is 1. The van der Waals surface area contributed by atoms with E-state index in [0.29, 0.717) is 13.1 Å². The molecule has 2 N–H and O–H groups in total. The average molecular weight is 404 g/mol. The molecule has 0 aromatic carbocycles. The summed E-state index contributed by atoms with van der Waals surface area (Å²) in [7, 11) is 1.95. The molecule has 0 bridgehead atoms. The van der Waals surface area contributed by atoms with E-state index in [1.165, 1.54) is 4.88 Å². The largest absolute Gasteiger partial charge is 0.379 e. The fourth-order valence-corrected chi connectivity index (χ4v) is 3.92. The van der Waals surface area contributed by atoms with E-state index in [4.69, 9.17) is 4.74 Å². The zero-order valence-electron chi connectivity index (χ0n) is 16.6. The lowest BCUT2D eigenvalue weighted by Crippen LogP contribution is -2.46. The van der Waals surface area contributed by atoms with Gasteiger partial charge in [0, 0.05) is 38.1 Å². The van der Waals surface area contributed by atoms with Crippen molar-refractivity contribution >= 4 is 17.3 Å². The molecule has 2 aromatic rings. The highest BCUT2D eigenvalue weighted by molar-refractivity contribution is 7.10. The van der Waals surface area contributed by atoms with Crippen LogP contribution in [-0.2, 0) is 18.3 Å². The zero-order chi connectivity index (χ0) is 19.8. The van der Waals surface area contributed by atoms with Gasteiger partial charge in [0.25, 0.3) is 0 Å². The van der Waals surface area contributed by atoms with Crippen LogP contribution in [0.5, 0.6) is 0 Å². The van der Waals surface area contributed by atoms with Crippen LogP contribution in [0, 0.1) is 6.92 Å². The van der Waals surface area contributed by atoms with Crippen molar-refractivity contribution in [2.45, 2.75) is 19.5 Å². The van der Waals surface area contributed by atoms with Crippen LogP contribution in [0.15, 0.2) is 35.2 Å². The predicted molar refractivity (Wildman–Crippen MR) is 113 cm³/mol. The Hall–Kier alpha value is -2.23. The molecule has 1 aliphatic heterocycles. The molecule has 28 heavy (non-hydrogen) atoms. The lowest BCUT2D eigenvalue weighted by Gasteiger charge is -2.34. The first-order chi connectivity index (χ1) is 13.7. The van der Waals surface area contributed by atoms with Crippen LogP contribution in [0.1, 0.15) is 22.6 Å². The normalized spacial score (nSPS) is 16.7. The van der Waals surface area contributed by atoms with Crippen molar-refractivity contribution in [3.05, 3.63) is 46.7 Å². The van der Waals surface area contributed by atoms with Gasteiger partial charge in [-0.1, -0.05) is 12.1 Å². The molecule has 8 nitrogen and oxygen atoms in total. The first-order valence-corrected chi connectivity index (χ1v) is 10.4. The van der Waals surface area contributed by atoms with E-state index in [1.807, 2.05) is 24.6 Å².